The molecule has 0 unspecified atom stereocenters. The molecule has 5 aromatic rings. The molecule has 0 bridgehead atoms. The molecule has 0 atom stereocenters. The zero-order valence-electron chi connectivity index (χ0n) is 22.0. The number of carbonyl (C=O) groups excluding carboxylic acids is 1. The summed E-state index contributed by atoms with van der Waals surface area (Å²) in [5, 5.41) is 2.57. The molecular weight excluding hydrogens is 525 g/mol. The Bertz CT molecular complexity index is 1770. The number of nitrogens with zero attached hydrogens (tertiary/aromatic N) is 2. The molecular formula is C32H30FN3O3S. The molecule has 204 valence electrons. The first-order valence-corrected chi connectivity index (χ1v) is 14.9. The second-order valence-electron chi connectivity index (χ2n) is 10.3. The summed E-state index contributed by atoms with van der Waals surface area (Å²) in [5.74, 6) is -0.624. The molecule has 1 N–H and O–H groups in total. The molecule has 40 heavy (non-hydrogen) atoms. The molecule has 1 heterocycles. The van der Waals surface area contributed by atoms with E-state index in [1.54, 1.807) is 35.2 Å². The van der Waals surface area contributed by atoms with Gasteiger partial charge in [0.15, 0.2) is 0 Å². The number of aromatic nitrogens is 1. The molecule has 0 spiro atoms. The molecule has 1 aromatic heterocycles. The minimum atomic E-state index is -3.93. The molecule has 0 aliphatic heterocycles. The van der Waals surface area contributed by atoms with Gasteiger partial charge in [-0.1, -0.05) is 66.7 Å². The third-order valence-corrected chi connectivity index (χ3v) is 9.50. The number of aromatic amines is 1. The summed E-state index contributed by atoms with van der Waals surface area (Å²) < 4.78 is 42.9. The lowest BCUT2D eigenvalue weighted by Crippen LogP contribution is -2.44. The number of para-hydroxylation sites is 1. The standard InChI is InChI=1S/C32H30FN3O3S/c33-26-14-12-23(13-15-26)21-35(19-18-25-20-34-30-10-4-3-8-28(25)30)32(37)22-36(27-16-17-27)40(38,39)31-11-5-7-24-6-1-2-9-29(24)31/h1-15,20,27,34H,16-19,21-22H2. The molecule has 8 heteroatoms. The summed E-state index contributed by atoms with van der Waals surface area (Å²) in [6.45, 7) is 0.407. The number of benzene rings is 4. The lowest BCUT2D eigenvalue weighted by Gasteiger charge is -2.28. The maximum absolute atomic E-state index is 14.0. The van der Waals surface area contributed by atoms with Crippen molar-refractivity contribution in [1.29, 1.82) is 0 Å². The van der Waals surface area contributed by atoms with Crippen molar-refractivity contribution in [2.75, 3.05) is 13.1 Å². The van der Waals surface area contributed by atoms with Gasteiger partial charge in [-0.2, -0.15) is 4.31 Å². The third-order valence-electron chi connectivity index (χ3n) is 7.55. The fourth-order valence-corrected chi connectivity index (χ4v) is 7.10. The van der Waals surface area contributed by atoms with E-state index in [-0.39, 0.29) is 35.8 Å². The van der Waals surface area contributed by atoms with Gasteiger partial charge in [-0.15, -0.1) is 0 Å². The van der Waals surface area contributed by atoms with E-state index in [1.807, 2.05) is 54.7 Å². The molecule has 1 saturated carbocycles. The highest BCUT2D eigenvalue weighted by Crippen LogP contribution is 2.34. The van der Waals surface area contributed by atoms with E-state index in [2.05, 4.69) is 4.98 Å². The Morgan fingerprint density at radius 1 is 0.875 bits per heavy atom. The van der Waals surface area contributed by atoms with Gasteiger partial charge in [-0.3, -0.25) is 4.79 Å². The molecule has 0 radical (unpaired) electrons. The van der Waals surface area contributed by atoms with Crippen LogP contribution in [0.15, 0.2) is 102 Å². The highest BCUT2D eigenvalue weighted by Gasteiger charge is 2.40. The van der Waals surface area contributed by atoms with Crippen LogP contribution in [0.2, 0.25) is 0 Å². The van der Waals surface area contributed by atoms with Crippen molar-refractivity contribution in [3.05, 3.63) is 114 Å². The lowest BCUT2D eigenvalue weighted by molar-refractivity contribution is -0.132. The number of fused-ring (bicyclic) bond motifs is 2. The summed E-state index contributed by atoms with van der Waals surface area (Å²) in [6, 6.07) is 26.5. The highest BCUT2D eigenvalue weighted by atomic mass is 32.2. The largest absolute Gasteiger partial charge is 0.361 e. The average Bonchev–Trinajstić information content (AvgIpc) is 3.73. The fraction of sp³-hybridized carbons (Fsp3) is 0.219. The summed E-state index contributed by atoms with van der Waals surface area (Å²) in [6.07, 6.45) is 4.00. The maximum atomic E-state index is 14.0. The number of hydrogen-bond donors (Lipinski definition) is 1. The van der Waals surface area contributed by atoms with Gasteiger partial charge in [0.2, 0.25) is 15.9 Å². The van der Waals surface area contributed by atoms with Crippen molar-refractivity contribution in [2.45, 2.75) is 36.7 Å². The number of sulfonamides is 1. The Morgan fingerprint density at radius 3 is 2.35 bits per heavy atom. The van der Waals surface area contributed by atoms with E-state index in [4.69, 9.17) is 0 Å². The van der Waals surface area contributed by atoms with Crippen LogP contribution in [0.1, 0.15) is 24.0 Å². The number of hydrogen-bond acceptors (Lipinski definition) is 3. The predicted octanol–water partition coefficient (Wildman–Crippen LogP) is 5.88. The molecule has 1 amide bonds. The van der Waals surface area contributed by atoms with Crippen LogP contribution in [0, 0.1) is 5.82 Å². The molecule has 6 rings (SSSR count). The second kappa shape index (κ2) is 10.9. The van der Waals surface area contributed by atoms with Gasteiger partial charge >= 0.3 is 0 Å². The van der Waals surface area contributed by atoms with Gasteiger partial charge in [0, 0.05) is 41.6 Å². The van der Waals surface area contributed by atoms with E-state index in [1.165, 1.54) is 16.4 Å². The number of amides is 1. The number of rotatable bonds is 10. The maximum Gasteiger partial charge on any atom is 0.244 e. The molecule has 1 aliphatic rings. The minimum absolute atomic E-state index is 0.200. The molecule has 0 saturated heterocycles. The number of H-pyrrole nitrogens is 1. The first kappa shape index (κ1) is 26.2. The third kappa shape index (κ3) is 5.37. The molecule has 4 aromatic carbocycles. The van der Waals surface area contributed by atoms with Crippen molar-refractivity contribution in [3.8, 4) is 0 Å². The van der Waals surface area contributed by atoms with Crippen LogP contribution in [-0.2, 0) is 27.8 Å². The van der Waals surface area contributed by atoms with Crippen LogP contribution in [0.5, 0.6) is 0 Å². The number of halogens is 1. The van der Waals surface area contributed by atoms with E-state index in [0.29, 0.717) is 18.4 Å². The summed E-state index contributed by atoms with van der Waals surface area (Å²) in [4.78, 5) is 19.0. The van der Waals surface area contributed by atoms with Crippen molar-refractivity contribution >= 4 is 37.6 Å². The van der Waals surface area contributed by atoms with Gasteiger partial charge in [-0.25, -0.2) is 12.8 Å². The first-order valence-electron chi connectivity index (χ1n) is 13.5. The first-order chi connectivity index (χ1) is 19.4. The van der Waals surface area contributed by atoms with Crippen LogP contribution in [0.4, 0.5) is 4.39 Å². The van der Waals surface area contributed by atoms with Crippen LogP contribution in [-0.4, -0.2) is 47.6 Å². The monoisotopic (exact) mass is 555 g/mol. The van der Waals surface area contributed by atoms with Crippen LogP contribution in [0.3, 0.4) is 0 Å². The van der Waals surface area contributed by atoms with Crippen molar-refractivity contribution in [2.24, 2.45) is 0 Å². The van der Waals surface area contributed by atoms with Gasteiger partial charge in [0.25, 0.3) is 0 Å². The SMILES string of the molecule is O=C(CN(C1CC1)S(=O)(=O)c1cccc2ccccc12)N(CCc1c[nH]c2ccccc12)Cc1ccc(F)cc1. The average molecular weight is 556 g/mol. The van der Waals surface area contributed by atoms with Crippen LogP contribution in [0.25, 0.3) is 21.7 Å². The molecule has 1 aliphatic carbocycles. The quantitative estimate of drug-likeness (QED) is 0.234. The van der Waals surface area contributed by atoms with Gasteiger partial charge in [0.05, 0.1) is 11.4 Å². The predicted molar refractivity (Wildman–Crippen MR) is 155 cm³/mol. The normalized spacial score (nSPS) is 13.8. The smallest absolute Gasteiger partial charge is 0.244 e. The number of nitrogens with one attached hydrogen (secondary N) is 1. The molecule has 6 nitrogen and oxygen atoms in total. The zero-order chi connectivity index (χ0) is 27.7. The van der Waals surface area contributed by atoms with Gasteiger partial charge in [-0.05, 0) is 60.0 Å². The fourth-order valence-electron chi connectivity index (χ4n) is 5.25. The van der Waals surface area contributed by atoms with Crippen molar-refractivity contribution in [1.82, 2.24) is 14.2 Å². The molecule has 1 fully saturated rings. The Kier molecular flexibility index (Phi) is 7.12. The van der Waals surface area contributed by atoms with E-state index in [0.717, 1.165) is 40.3 Å². The van der Waals surface area contributed by atoms with Gasteiger partial charge < -0.3 is 9.88 Å². The Labute approximate surface area is 233 Å². The minimum Gasteiger partial charge on any atom is -0.361 e. The Balaban J connectivity index is 1.28. The lowest BCUT2D eigenvalue weighted by atomic mass is 10.1. The van der Waals surface area contributed by atoms with Crippen molar-refractivity contribution in [3.63, 3.8) is 0 Å². The summed E-state index contributed by atoms with van der Waals surface area (Å²) >= 11 is 0. The van der Waals surface area contributed by atoms with E-state index in [9.17, 15) is 17.6 Å². The van der Waals surface area contributed by atoms with Gasteiger partial charge in [0.1, 0.15) is 5.82 Å². The van der Waals surface area contributed by atoms with Crippen LogP contribution < -0.4 is 0 Å². The topological polar surface area (TPSA) is 73.5 Å². The Morgan fingerprint density at radius 2 is 1.57 bits per heavy atom. The number of carbonyl (C=O) groups is 1. The highest BCUT2D eigenvalue weighted by molar-refractivity contribution is 7.89. The second-order valence-corrected chi connectivity index (χ2v) is 12.2. The summed E-state index contributed by atoms with van der Waals surface area (Å²) in [5.41, 5.74) is 2.88. The van der Waals surface area contributed by atoms with Crippen LogP contribution >= 0.6 is 0 Å². The van der Waals surface area contributed by atoms with E-state index < -0.39 is 10.0 Å². The summed E-state index contributed by atoms with van der Waals surface area (Å²) in [7, 11) is -3.93. The Hall–Kier alpha value is -4.01. The zero-order valence-corrected chi connectivity index (χ0v) is 22.8. The van der Waals surface area contributed by atoms with E-state index >= 15 is 0 Å². The van der Waals surface area contributed by atoms with Crippen molar-refractivity contribution < 1.29 is 17.6 Å².